The highest BCUT2D eigenvalue weighted by Crippen LogP contribution is 2.26. The van der Waals surface area contributed by atoms with Crippen molar-refractivity contribution in [3.63, 3.8) is 0 Å². The Labute approximate surface area is 130 Å². The predicted octanol–water partition coefficient (Wildman–Crippen LogP) is 2.45. The second kappa shape index (κ2) is 7.13. The van der Waals surface area contributed by atoms with Gasteiger partial charge in [-0.25, -0.2) is 0 Å². The molecule has 5 heteroatoms. The summed E-state index contributed by atoms with van der Waals surface area (Å²) in [5, 5.41) is 0. The smallest absolute Gasteiger partial charge is 0.274 e. The van der Waals surface area contributed by atoms with E-state index >= 15 is 0 Å². The Morgan fingerprint density at radius 3 is 2.59 bits per heavy atom. The maximum Gasteiger partial charge on any atom is 0.274 e. The number of hydrogen-bond acceptors (Lipinski definition) is 4. The molecular weight excluding hydrogens is 280 g/mol. The summed E-state index contributed by atoms with van der Waals surface area (Å²) in [5.74, 6) is 0.826. The molecule has 5 nitrogen and oxygen atoms in total. The molecule has 2 N–H and O–H groups in total. The van der Waals surface area contributed by atoms with Gasteiger partial charge < -0.3 is 19.8 Å². The third-order valence-electron chi connectivity index (χ3n) is 3.62. The minimum absolute atomic E-state index is 0.165. The van der Waals surface area contributed by atoms with Crippen LogP contribution in [0.3, 0.4) is 0 Å². The Balaban J connectivity index is 2.47. The lowest BCUT2D eigenvalue weighted by Crippen LogP contribution is -2.24. The van der Waals surface area contributed by atoms with Crippen LogP contribution in [0.5, 0.6) is 5.75 Å². The van der Waals surface area contributed by atoms with Crippen LogP contribution >= 0.6 is 0 Å². The fourth-order valence-electron chi connectivity index (χ4n) is 2.47. The number of nitrogen functional groups attached to an aromatic ring is 1. The number of ether oxygens (including phenoxy) is 2. The molecule has 1 aromatic carbocycles. The zero-order valence-corrected chi connectivity index (χ0v) is 13.3. The van der Waals surface area contributed by atoms with Crippen molar-refractivity contribution in [2.45, 2.75) is 19.9 Å². The van der Waals surface area contributed by atoms with E-state index in [4.69, 9.17) is 15.2 Å². The van der Waals surface area contributed by atoms with Gasteiger partial charge in [0.25, 0.3) is 5.56 Å². The number of aryl methyl sites for hydroxylation is 1. The molecule has 0 saturated carbocycles. The molecular formula is C17H22N2O3. The van der Waals surface area contributed by atoms with Crippen molar-refractivity contribution < 1.29 is 9.47 Å². The summed E-state index contributed by atoms with van der Waals surface area (Å²) in [6, 6.07) is 9.40. The summed E-state index contributed by atoms with van der Waals surface area (Å²) in [6.45, 7) is 3.15. The fourth-order valence-corrected chi connectivity index (χ4v) is 2.47. The number of pyridine rings is 1. The SMILES string of the molecule is COCCCn1c(-c2ccc(OC)c(C)c2)ccc(N)c1=O. The van der Waals surface area contributed by atoms with E-state index in [0.29, 0.717) is 13.2 Å². The Morgan fingerprint density at radius 2 is 1.95 bits per heavy atom. The van der Waals surface area contributed by atoms with Crippen LogP contribution in [0.2, 0.25) is 0 Å². The number of nitrogens with zero attached hydrogens (tertiary/aromatic N) is 1. The molecule has 0 aliphatic rings. The van der Waals surface area contributed by atoms with Gasteiger partial charge in [0.05, 0.1) is 18.5 Å². The summed E-state index contributed by atoms with van der Waals surface area (Å²) in [4.78, 5) is 12.3. The second-order valence-corrected chi connectivity index (χ2v) is 5.16. The molecule has 0 unspecified atom stereocenters. The topological polar surface area (TPSA) is 66.5 Å². The monoisotopic (exact) mass is 302 g/mol. The molecule has 0 spiro atoms. The van der Waals surface area contributed by atoms with Crippen molar-refractivity contribution in [2.75, 3.05) is 26.6 Å². The van der Waals surface area contributed by atoms with Gasteiger partial charge in [0.15, 0.2) is 0 Å². The Bertz CT molecular complexity index is 708. The first-order valence-corrected chi connectivity index (χ1v) is 7.21. The highest BCUT2D eigenvalue weighted by molar-refractivity contribution is 5.64. The molecule has 0 amide bonds. The van der Waals surface area contributed by atoms with Crippen molar-refractivity contribution in [3.05, 3.63) is 46.2 Å². The highest BCUT2D eigenvalue weighted by Gasteiger charge is 2.10. The van der Waals surface area contributed by atoms with Gasteiger partial charge in [0.2, 0.25) is 0 Å². The minimum atomic E-state index is -0.165. The molecule has 2 aromatic rings. The van der Waals surface area contributed by atoms with E-state index in [0.717, 1.165) is 29.0 Å². The average molecular weight is 302 g/mol. The lowest BCUT2D eigenvalue weighted by Gasteiger charge is -2.15. The zero-order chi connectivity index (χ0) is 16.1. The van der Waals surface area contributed by atoms with E-state index in [2.05, 4.69) is 0 Å². The molecule has 0 atom stereocenters. The van der Waals surface area contributed by atoms with Gasteiger partial charge in [-0.3, -0.25) is 4.79 Å². The maximum atomic E-state index is 12.3. The maximum absolute atomic E-state index is 12.3. The summed E-state index contributed by atoms with van der Waals surface area (Å²) >= 11 is 0. The van der Waals surface area contributed by atoms with Crippen LogP contribution in [-0.2, 0) is 11.3 Å². The number of rotatable bonds is 6. The van der Waals surface area contributed by atoms with Gasteiger partial charge in [-0.15, -0.1) is 0 Å². The first-order chi connectivity index (χ1) is 10.6. The molecule has 0 aliphatic carbocycles. The molecule has 1 aromatic heterocycles. The van der Waals surface area contributed by atoms with Gasteiger partial charge in [-0.1, -0.05) is 0 Å². The number of nitrogens with two attached hydrogens (primary N) is 1. The normalized spacial score (nSPS) is 10.7. The lowest BCUT2D eigenvalue weighted by atomic mass is 10.1. The van der Waals surface area contributed by atoms with E-state index in [1.54, 1.807) is 24.9 Å². The highest BCUT2D eigenvalue weighted by atomic mass is 16.5. The second-order valence-electron chi connectivity index (χ2n) is 5.16. The van der Waals surface area contributed by atoms with Crippen LogP contribution < -0.4 is 16.0 Å². The molecule has 2 rings (SSSR count). The Kier molecular flexibility index (Phi) is 5.22. The van der Waals surface area contributed by atoms with Crippen molar-refractivity contribution in [1.82, 2.24) is 4.57 Å². The van der Waals surface area contributed by atoms with Crippen LogP contribution in [0.25, 0.3) is 11.3 Å². The third kappa shape index (κ3) is 3.31. The van der Waals surface area contributed by atoms with E-state index in [9.17, 15) is 4.79 Å². The number of anilines is 1. The van der Waals surface area contributed by atoms with Crippen LogP contribution in [-0.4, -0.2) is 25.4 Å². The van der Waals surface area contributed by atoms with E-state index in [1.165, 1.54) is 0 Å². The predicted molar refractivity (Wildman–Crippen MR) is 88.3 cm³/mol. The van der Waals surface area contributed by atoms with Crippen molar-refractivity contribution in [3.8, 4) is 17.0 Å². The molecule has 118 valence electrons. The number of benzene rings is 1. The van der Waals surface area contributed by atoms with Gasteiger partial charge in [0.1, 0.15) is 5.75 Å². The summed E-state index contributed by atoms with van der Waals surface area (Å²) in [5.41, 5.74) is 8.69. The van der Waals surface area contributed by atoms with Crippen molar-refractivity contribution in [1.29, 1.82) is 0 Å². The summed E-state index contributed by atoms with van der Waals surface area (Å²) < 4.78 is 12.1. The number of aromatic nitrogens is 1. The van der Waals surface area contributed by atoms with Crippen molar-refractivity contribution in [2.24, 2.45) is 0 Å². The molecule has 0 fully saturated rings. The standard InChI is InChI=1S/C17H22N2O3/c1-12-11-13(5-8-16(12)22-3)15-7-6-14(18)17(20)19(15)9-4-10-21-2/h5-8,11H,4,9-10,18H2,1-3H3. The first kappa shape index (κ1) is 16.1. The minimum Gasteiger partial charge on any atom is -0.496 e. The average Bonchev–Trinajstić information content (AvgIpc) is 2.51. The molecule has 0 radical (unpaired) electrons. The molecule has 1 heterocycles. The molecule has 0 aliphatic heterocycles. The third-order valence-corrected chi connectivity index (χ3v) is 3.62. The largest absolute Gasteiger partial charge is 0.496 e. The Hall–Kier alpha value is -2.27. The molecule has 22 heavy (non-hydrogen) atoms. The van der Waals surface area contributed by atoms with E-state index in [-0.39, 0.29) is 11.2 Å². The van der Waals surface area contributed by atoms with Crippen molar-refractivity contribution >= 4 is 5.69 Å². The van der Waals surface area contributed by atoms with Crippen LogP contribution in [0.1, 0.15) is 12.0 Å². The zero-order valence-electron chi connectivity index (χ0n) is 13.3. The summed E-state index contributed by atoms with van der Waals surface area (Å²) in [6.07, 6.45) is 0.752. The van der Waals surface area contributed by atoms with Gasteiger partial charge in [-0.05, 0) is 54.8 Å². The lowest BCUT2D eigenvalue weighted by molar-refractivity contribution is 0.190. The quantitative estimate of drug-likeness (QED) is 0.832. The summed E-state index contributed by atoms with van der Waals surface area (Å²) in [7, 11) is 3.29. The van der Waals surface area contributed by atoms with Gasteiger partial charge in [0, 0.05) is 20.3 Å². The van der Waals surface area contributed by atoms with Gasteiger partial charge >= 0.3 is 0 Å². The number of hydrogen-bond donors (Lipinski definition) is 1. The Morgan fingerprint density at radius 1 is 1.18 bits per heavy atom. The van der Waals surface area contributed by atoms with Crippen LogP contribution in [0.15, 0.2) is 35.1 Å². The molecule has 0 bridgehead atoms. The number of methoxy groups -OCH3 is 2. The first-order valence-electron chi connectivity index (χ1n) is 7.21. The van der Waals surface area contributed by atoms with Gasteiger partial charge in [-0.2, -0.15) is 0 Å². The fraction of sp³-hybridized carbons (Fsp3) is 0.353. The molecule has 0 saturated heterocycles. The van der Waals surface area contributed by atoms with Crippen LogP contribution in [0.4, 0.5) is 5.69 Å². The van der Waals surface area contributed by atoms with E-state index in [1.807, 2.05) is 31.2 Å². The van der Waals surface area contributed by atoms with E-state index < -0.39 is 0 Å². The van der Waals surface area contributed by atoms with Crippen LogP contribution in [0, 0.1) is 6.92 Å².